The molecular formula is C11H12N2O4. The van der Waals surface area contributed by atoms with E-state index in [0.717, 1.165) is 0 Å². The predicted molar refractivity (Wildman–Crippen MR) is 57.5 cm³/mol. The van der Waals surface area contributed by atoms with E-state index >= 15 is 0 Å². The minimum absolute atomic E-state index is 0.0339. The zero-order valence-electron chi connectivity index (χ0n) is 9.07. The predicted octanol–water partition coefficient (Wildman–Crippen LogP) is 0.00720. The van der Waals surface area contributed by atoms with Crippen molar-refractivity contribution < 1.29 is 19.4 Å². The summed E-state index contributed by atoms with van der Waals surface area (Å²) < 4.78 is 5.07. The van der Waals surface area contributed by atoms with Gasteiger partial charge in [-0.3, -0.25) is 9.78 Å². The number of hydrogen-bond acceptors (Lipinski definition) is 4. The quantitative estimate of drug-likeness (QED) is 0.782. The number of carboxylic acid groups (broad SMARTS) is 1. The summed E-state index contributed by atoms with van der Waals surface area (Å²) in [5.74, 6) is -1.35. The molecule has 0 bridgehead atoms. The monoisotopic (exact) mass is 236 g/mol. The number of hydrogen-bond donors (Lipinski definition) is 1. The van der Waals surface area contributed by atoms with Crippen molar-refractivity contribution in [3.63, 3.8) is 0 Å². The molecule has 0 saturated carbocycles. The highest BCUT2D eigenvalue weighted by Crippen LogP contribution is 2.12. The lowest BCUT2D eigenvalue weighted by molar-refractivity contribution is -0.147. The summed E-state index contributed by atoms with van der Waals surface area (Å²) in [6.45, 7) is 0.685. The Morgan fingerprint density at radius 2 is 2.12 bits per heavy atom. The fraction of sp³-hybridized carbons (Fsp3) is 0.364. The third-order valence-corrected chi connectivity index (χ3v) is 2.60. The van der Waals surface area contributed by atoms with Crippen LogP contribution in [0.15, 0.2) is 24.5 Å². The highest BCUT2D eigenvalue weighted by molar-refractivity contribution is 5.96. The summed E-state index contributed by atoms with van der Waals surface area (Å²) in [4.78, 5) is 28.2. The Morgan fingerprint density at radius 1 is 1.41 bits per heavy atom. The Labute approximate surface area is 97.8 Å². The van der Waals surface area contributed by atoms with Crippen LogP contribution in [-0.4, -0.2) is 52.7 Å². The summed E-state index contributed by atoms with van der Waals surface area (Å²) in [7, 11) is 0. The van der Waals surface area contributed by atoms with Crippen molar-refractivity contribution in [1.29, 1.82) is 0 Å². The molecule has 6 nitrogen and oxygen atoms in total. The number of nitrogens with zero attached hydrogens (tertiary/aromatic N) is 2. The van der Waals surface area contributed by atoms with Gasteiger partial charge in [0, 0.05) is 24.5 Å². The Balaban J connectivity index is 2.20. The average Bonchev–Trinajstić information content (AvgIpc) is 2.39. The molecule has 2 rings (SSSR count). The molecule has 90 valence electrons. The second-order valence-corrected chi connectivity index (χ2v) is 3.66. The molecule has 1 fully saturated rings. The van der Waals surface area contributed by atoms with Crippen molar-refractivity contribution in [2.75, 3.05) is 19.8 Å². The lowest BCUT2D eigenvalue weighted by Crippen LogP contribution is -2.52. The van der Waals surface area contributed by atoms with Crippen LogP contribution in [-0.2, 0) is 9.53 Å². The number of ether oxygens (including phenoxy) is 1. The third kappa shape index (κ3) is 2.42. The van der Waals surface area contributed by atoms with Crippen LogP contribution < -0.4 is 0 Å². The molecule has 0 aliphatic carbocycles. The van der Waals surface area contributed by atoms with Crippen LogP contribution in [0, 0.1) is 0 Å². The first-order valence-electron chi connectivity index (χ1n) is 5.21. The maximum Gasteiger partial charge on any atom is 0.328 e. The van der Waals surface area contributed by atoms with Gasteiger partial charge in [-0.2, -0.15) is 0 Å². The molecule has 17 heavy (non-hydrogen) atoms. The van der Waals surface area contributed by atoms with Crippen molar-refractivity contribution >= 4 is 11.9 Å². The maximum atomic E-state index is 12.1. The molecule has 1 aromatic heterocycles. The Kier molecular flexibility index (Phi) is 3.34. The van der Waals surface area contributed by atoms with Gasteiger partial charge < -0.3 is 14.7 Å². The number of morpholine rings is 1. The van der Waals surface area contributed by atoms with Crippen LogP contribution >= 0.6 is 0 Å². The lowest BCUT2D eigenvalue weighted by atomic mass is 10.1. The van der Waals surface area contributed by atoms with Gasteiger partial charge in [-0.15, -0.1) is 0 Å². The first-order chi connectivity index (χ1) is 8.20. The molecular weight excluding hydrogens is 224 g/mol. The van der Waals surface area contributed by atoms with Crippen LogP contribution in [0.25, 0.3) is 0 Å². The number of pyridine rings is 1. The van der Waals surface area contributed by atoms with Crippen LogP contribution in [0.3, 0.4) is 0 Å². The van der Waals surface area contributed by atoms with Gasteiger partial charge in [0.2, 0.25) is 0 Å². The largest absolute Gasteiger partial charge is 0.480 e. The minimum Gasteiger partial charge on any atom is -0.480 e. The number of rotatable bonds is 2. The third-order valence-electron chi connectivity index (χ3n) is 2.60. The topological polar surface area (TPSA) is 79.7 Å². The standard InChI is InChI=1S/C11H12N2O4/c14-10(8-1-3-12-4-2-8)13-5-6-17-7-9(13)11(15)16/h1-4,9H,5-7H2,(H,15,16)/t9-/m0/s1. The lowest BCUT2D eigenvalue weighted by Gasteiger charge is -2.32. The molecule has 1 N–H and O–H groups in total. The van der Waals surface area contributed by atoms with E-state index in [4.69, 9.17) is 9.84 Å². The van der Waals surface area contributed by atoms with Gasteiger partial charge in [0.25, 0.3) is 5.91 Å². The van der Waals surface area contributed by atoms with Gasteiger partial charge >= 0.3 is 5.97 Å². The first-order valence-corrected chi connectivity index (χ1v) is 5.21. The van der Waals surface area contributed by atoms with E-state index in [1.54, 1.807) is 12.1 Å². The van der Waals surface area contributed by atoms with Crippen molar-refractivity contribution in [3.05, 3.63) is 30.1 Å². The summed E-state index contributed by atoms with van der Waals surface area (Å²) in [5, 5.41) is 9.02. The van der Waals surface area contributed by atoms with Gasteiger partial charge in [0.05, 0.1) is 13.2 Å². The summed E-state index contributed by atoms with van der Waals surface area (Å²) in [6.07, 6.45) is 3.01. The van der Waals surface area contributed by atoms with Gasteiger partial charge in [-0.1, -0.05) is 0 Å². The smallest absolute Gasteiger partial charge is 0.328 e. The summed E-state index contributed by atoms with van der Waals surface area (Å²) in [5.41, 5.74) is 0.438. The molecule has 0 aromatic carbocycles. The van der Waals surface area contributed by atoms with Gasteiger partial charge in [-0.25, -0.2) is 4.79 Å². The molecule has 6 heteroatoms. The molecule has 1 aromatic rings. The highest BCUT2D eigenvalue weighted by Gasteiger charge is 2.33. The SMILES string of the molecule is O=C(O)[C@@H]1COCCN1C(=O)c1ccncc1. The van der Waals surface area contributed by atoms with E-state index in [-0.39, 0.29) is 19.1 Å². The molecule has 2 heterocycles. The van der Waals surface area contributed by atoms with Crippen molar-refractivity contribution in [2.24, 2.45) is 0 Å². The van der Waals surface area contributed by atoms with Gasteiger partial charge in [0.1, 0.15) is 0 Å². The molecule has 1 aliphatic heterocycles. The number of carbonyl (C=O) groups is 2. The normalized spacial score (nSPS) is 20.0. The first kappa shape index (κ1) is 11.5. The van der Waals surface area contributed by atoms with E-state index in [1.807, 2.05) is 0 Å². The zero-order chi connectivity index (χ0) is 12.3. The van der Waals surface area contributed by atoms with Crippen LogP contribution in [0.5, 0.6) is 0 Å². The Hall–Kier alpha value is -1.95. The molecule has 0 unspecified atom stereocenters. The van der Waals surface area contributed by atoms with Gasteiger partial charge in [0.15, 0.2) is 6.04 Å². The second kappa shape index (κ2) is 4.92. The average molecular weight is 236 g/mol. The number of aliphatic carboxylic acids is 1. The van der Waals surface area contributed by atoms with Crippen LogP contribution in [0.1, 0.15) is 10.4 Å². The molecule has 0 radical (unpaired) electrons. The second-order valence-electron chi connectivity index (χ2n) is 3.66. The van der Waals surface area contributed by atoms with E-state index in [2.05, 4.69) is 4.98 Å². The minimum atomic E-state index is -1.05. The van der Waals surface area contributed by atoms with E-state index < -0.39 is 12.0 Å². The van der Waals surface area contributed by atoms with E-state index in [9.17, 15) is 9.59 Å². The fourth-order valence-electron chi connectivity index (χ4n) is 1.71. The number of carbonyl (C=O) groups excluding carboxylic acids is 1. The van der Waals surface area contributed by atoms with Gasteiger partial charge in [-0.05, 0) is 12.1 Å². The maximum absolute atomic E-state index is 12.1. The summed E-state index contributed by atoms with van der Waals surface area (Å²) in [6, 6.07) is 2.22. The van der Waals surface area contributed by atoms with Crippen molar-refractivity contribution in [1.82, 2.24) is 9.88 Å². The Bertz CT molecular complexity index is 421. The molecule has 1 atom stereocenters. The molecule has 1 amide bonds. The number of amides is 1. The molecule has 1 aliphatic rings. The number of aromatic nitrogens is 1. The van der Waals surface area contributed by atoms with Crippen molar-refractivity contribution in [3.8, 4) is 0 Å². The number of carboxylic acids is 1. The van der Waals surface area contributed by atoms with E-state index in [1.165, 1.54) is 17.3 Å². The van der Waals surface area contributed by atoms with Crippen LogP contribution in [0.4, 0.5) is 0 Å². The fourth-order valence-corrected chi connectivity index (χ4v) is 1.71. The zero-order valence-corrected chi connectivity index (χ0v) is 9.07. The van der Waals surface area contributed by atoms with Crippen LogP contribution in [0.2, 0.25) is 0 Å². The highest BCUT2D eigenvalue weighted by atomic mass is 16.5. The van der Waals surface area contributed by atoms with Crippen molar-refractivity contribution in [2.45, 2.75) is 6.04 Å². The summed E-state index contributed by atoms with van der Waals surface area (Å²) >= 11 is 0. The molecule has 1 saturated heterocycles. The Morgan fingerprint density at radius 3 is 2.76 bits per heavy atom. The molecule has 0 spiro atoms. The van der Waals surface area contributed by atoms with E-state index in [0.29, 0.717) is 12.2 Å².